The van der Waals surface area contributed by atoms with Gasteiger partial charge in [0.2, 0.25) is 0 Å². The molecule has 0 spiro atoms. The van der Waals surface area contributed by atoms with Crippen LogP contribution in [0.1, 0.15) is 32.6 Å². The molecule has 1 unspecified atom stereocenters. The highest BCUT2D eigenvalue weighted by Gasteiger charge is 2.18. The van der Waals surface area contributed by atoms with Crippen molar-refractivity contribution in [2.24, 2.45) is 0 Å². The lowest BCUT2D eigenvalue weighted by atomic mass is 10.2. The number of hydrogen-bond donors (Lipinski definition) is 1. The van der Waals surface area contributed by atoms with E-state index in [2.05, 4.69) is 24.2 Å². The smallest absolute Gasteiger partial charge is 0.0594 e. The van der Waals surface area contributed by atoms with Crippen LogP contribution in [0.25, 0.3) is 0 Å². The van der Waals surface area contributed by atoms with E-state index in [0.717, 1.165) is 0 Å². The van der Waals surface area contributed by atoms with Gasteiger partial charge in [0.15, 0.2) is 0 Å². The van der Waals surface area contributed by atoms with Gasteiger partial charge in [0.05, 0.1) is 6.17 Å². The zero-order valence-corrected chi connectivity index (χ0v) is 7.77. The van der Waals surface area contributed by atoms with Crippen LogP contribution in [0.4, 0.5) is 0 Å². The lowest BCUT2D eigenvalue weighted by molar-refractivity contribution is 0.201. The second-order valence-corrected chi connectivity index (χ2v) is 3.34. The van der Waals surface area contributed by atoms with Crippen LogP contribution < -0.4 is 5.32 Å². The van der Waals surface area contributed by atoms with E-state index in [1.165, 1.54) is 38.8 Å². The van der Waals surface area contributed by atoms with E-state index >= 15 is 0 Å². The second-order valence-electron chi connectivity index (χ2n) is 3.34. The first-order chi connectivity index (χ1) is 5.38. The van der Waals surface area contributed by atoms with E-state index in [4.69, 9.17) is 0 Å². The molecule has 1 saturated heterocycles. The maximum atomic E-state index is 3.37. The van der Waals surface area contributed by atoms with Crippen LogP contribution in [0, 0.1) is 0 Å². The second kappa shape index (κ2) is 4.73. The van der Waals surface area contributed by atoms with Crippen LogP contribution in [0.15, 0.2) is 0 Å². The number of rotatable bonds is 4. The van der Waals surface area contributed by atoms with Crippen molar-refractivity contribution in [1.82, 2.24) is 10.2 Å². The van der Waals surface area contributed by atoms with Gasteiger partial charge in [0, 0.05) is 0 Å². The summed E-state index contributed by atoms with van der Waals surface area (Å²) in [7, 11) is 2.07. The molecule has 1 heterocycles. The summed E-state index contributed by atoms with van der Waals surface area (Å²) >= 11 is 0. The summed E-state index contributed by atoms with van der Waals surface area (Å²) in [6, 6.07) is 0. The summed E-state index contributed by atoms with van der Waals surface area (Å²) in [5, 5.41) is 3.37. The number of hydrogen-bond acceptors (Lipinski definition) is 2. The van der Waals surface area contributed by atoms with Gasteiger partial charge in [-0.3, -0.25) is 4.90 Å². The van der Waals surface area contributed by atoms with Crippen molar-refractivity contribution in [1.29, 1.82) is 0 Å². The highest BCUT2D eigenvalue weighted by atomic mass is 15.3. The van der Waals surface area contributed by atoms with Crippen molar-refractivity contribution in [3.05, 3.63) is 0 Å². The summed E-state index contributed by atoms with van der Waals surface area (Å²) < 4.78 is 0. The fourth-order valence-corrected chi connectivity index (χ4v) is 1.84. The molecule has 0 aromatic rings. The Morgan fingerprint density at radius 1 is 1.36 bits per heavy atom. The zero-order chi connectivity index (χ0) is 8.10. The van der Waals surface area contributed by atoms with Gasteiger partial charge < -0.3 is 5.32 Å². The first-order valence-electron chi connectivity index (χ1n) is 4.79. The Morgan fingerprint density at radius 3 is 2.45 bits per heavy atom. The Hall–Kier alpha value is -0.0800. The van der Waals surface area contributed by atoms with Gasteiger partial charge in [-0.15, -0.1) is 0 Å². The zero-order valence-electron chi connectivity index (χ0n) is 7.77. The SMILES string of the molecule is CCCC(NC)N1CCCC1. The molecule has 1 atom stereocenters. The van der Waals surface area contributed by atoms with Gasteiger partial charge in [0.25, 0.3) is 0 Å². The van der Waals surface area contributed by atoms with Gasteiger partial charge in [-0.1, -0.05) is 13.3 Å². The molecule has 0 bridgehead atoms. The molecule has 1 aliphatic heterocycles. The van der Waals surface area contributed by atoms with E-state index in [1.807, 2.05) is 0 Å². The molecule has 0 amide bonds. The van der Waals surface area contributed by atoms with Crippen LogP contribution in [-0.2, 0) is 0 Å². The molecule has 0 aromatic carbocycles. The molecule has 0 saturated carbocycles. The highest BCUT2D eigenvalue weighted by Crippen LogP contribution is 2.12. The molecule has 1 fully saturated rings. The van der Waals surface area contributed by atoms with Crippen molar-refractivity contribution in [3.8, 4) is 0 Å². The predicted octanol–water partition coefficient (Wildman–Crippen LogP) is 1.43. The topological polar surface area (TPSA) is 15.3 Å². The fraction of sp³-hybridized carbons (Fsp3) is 1.00. The molecule has 1 aliphatic rings. The Labute approximate surface area is 70.0 Å². The van der Waals surface area contributed by atoms with Gasteiger partial charge in [-0.2, -0.15) is 0 Å². The van der Waals surface area contributed by atoms with Crippen LogP contribution in [0.5, 0.6) is 0 Å². The lowest BCUT2D eigenvalue weighted by Crippen LogP contribution is -2.42. The summed E-state index contributed by atoms with van der Waals surface area (Å²) in [6.07, 6.45) is 5.99. The van der Waals surface area contributed by atoms with E-state index in [1.54, 1.807) is 0 Å². The van der Waals surface area contributed by atoms with Crippen LogP contribution >= 0.6 is 0 Å². The third-order valence-electron chi connectivity index (χ3n) is 2.48. The summed E-state index contributed by atoms with van der Waals surface area (Å²) in [5.74, 6) is 0. The van der Waals surface area contributed by atoms with E-state index < -0.39 is 0 Å². The maximum Gasteiger partial charge on any atom is 0.0594 e. The number of nitrogens with zero attached hydrogens (tertiary/aromatic N) is 1. The first-order valence-corrected chi connectivity index (χ1v) is 4.79. The normalized spacial score (nSPS) is 22.4. The van der Waals surface area contributed by atoms with Crippen molar-refractivity contribution in [2.45, 2.75) is 38.8 Å². The molecule has 0 aromatic heterocycles. The first kappa shape index (κ1) is 9.01. The molecule has 66 valence electrons. The summed E-state index contributed by atoms with van der Waals surface area (Å²) in [4.78, 5) is 2.56. The van der Waals surface area contributed by atoms with Crippen molar-refractivity contribution < 1.29 is 0 Å². The average Bonchev–Trinajstić information content (AvgIpc) is 2.52. The minimum absolute atomic E-state index is 0.641. The predicted molar refractivity (Wildman–Crippen MR) is 48.6 cm³/mol. The molecule has 1 N–H and O–H groups in total. The molecular formula is C9H20N2. The molecule has 2 nitrogen and oxygen atoms in total. The summed E-state index contributed by atoms with van der Waals surface area (Å²) in [6.45, 7) is 4.84. The van der Waals surface area contributed by atoms with Crippen LogP contribution in [0.2, 0.25) is 0 Å². The Balaban J connectivity index is 2.27. The molecule has 1 rings (SSSR count). The number of nitrogens with one attached hydrogen (secondary N) is 1. The molecular weight excluding hydrogens is 136 g/mol. The standard InChI is InChI=1S/C9H20N2/c1-3-6-9(10-2)11-7-4-5-8-11/h9-10H,3-8H2,1-2H3. The van der Waals surface area contributed by atoms with Crippen LogP contribution in [0.3, 0.4) is 0 Å². The molecule has 11 heavy (non-hydrogen) atoms. The Morgan fingerprint density at radius 2 is 2.00 bits per heavy atom. The highest BCUT2D eigenvalue weighted by molar-refractivity contribution is 4.72. The van der Waals surface area contributed by atoms with Crippen molar-refractivity contribution in [3.63, 3.8) is 0 Å². The van der Waals surface area contributed by atoms with Crippen LogP contribution in [-0.4, -0.2) is 31.2 Å². The fourth-order valence-electron chi connectivity index (χ4n) is 1.84. The summed E-state index contributed by atoms with van der Waals surface area (Å²) in [5.41, 5.74) is 0. The van der Waals surface area contributed by atoms with Crippen molar-refractivity contribution >= 4 is 0 Å². The molecule has 0 radical (unpaired) electrons. The Kier molecular flexibility index (Phi) is 3.87. The van der Waals surface area contributed by atoms with Gasteiger partial charge in [-0.05, 0) is 39.4 Å². The maximum absolute atomic E-state index is 3.37. The van der Waals surface area contributed by atoms with Gasteiger partial charge in [-0.25, -0.2) is 0 Å². The quantitative estimate of drug-likeness (QED) is 0.662. The average molecular weight is 156 g/mol. The van der Waals surface area contributed by atoms with Gasteiger partial charge in [0.1, 0.15) is 0 Å². The van der Waals surface area contributed by atoms with Gasteiger partial charge >= 0.3 is 0 Å². The largest absolute Gasteiger partial charge is 0.305 e. The minimum Gasteiger partial charge on any atom is -0.305 e. The van der Waals surface area contributed by atoms with E-state index in [9.17, 15) is 0 Å². The number of likely N-dealkylation sites (tertiary alicyclic amines) is 1. The van der Waals surface area contributed by atoms with E-state index in [-0.39, 0.29) is 0 Å². The van der Waals surface area contributed by atoms with E-state index in [0.29, 0.717) is 6.17 Å². The third kappa shape index (κ3) is 2.46. The Bertz CT molecular complexity index is 97.7. The van der Waals surface area contributed by atoms with Crippen molar-refractivity contribution in [2.75, 3.05) is 20.1 Å². The minimum atomic E-state index is 0.641. The monoisotopic (exact) mass is 156 g/mol. The molecule has 0 aliphatic carbocycles. The lowest BCUT2D eigenvalue weighted by Gasteiger charge is -2.26. The third-order valence-corrected chi connectivity index (χ3v) is 2.48. The molecule has 2 heteroatoms.